The summed E-state index contributed by atoms with van der Waals surface area (Å²) in [6.07, 6.45) is 6.43. The topological polar surface area (TPSA) is 3.01 Å². The summed E-state index contributed by atoms with van der Waals surface area (Å²) in [5, 5.41) is 0. The van der Waals surface area contributed by atoms with Gasteiger partial charge >= 0.3 is 0 Å². The van der Waals surface area contributed by atoms with Crippen molar-refractivity contribution in [2.75, 3.05) is 0 Å². The SMILES string of the molecule is C=[N+]1C=CC(C(C)(C)C)=C[C-]1c1ccc(-c2ccccc2)cc1. The second kappa shape index (κ2) is 5.92. The lowest BCUT2D eigenvalue weighted by molar-refractivity contribution is -0.418. The Bertz CT molecular complexity index is 756. The number of hydrogen-bond acceptors (Lipinski definition) is 0. The van der Waals surface area contributed by atoms with Gasteiger partial charge in [0.15, 0.2) is 0 Å². The standard InChI is InChI=1S/C22H23N/c1-22(2,3)20-14-15-23(4)21(16-20)19-12-10-18(11-13-19)17-8-6-5-7-9-17/h5-16H,4H2,1-3H3. The van der Waals surface area contributed by atoms with E-state index in [0.717, 1.165) is 6.04 Å². The zero-order valence-electron chi connectivity index (χ0n) is 14.1. The summed E-state index contributed by atoms with van der Waals surface area (Å²) in [6, 6.07) is 20.3. The van der Waals surface area contributed by atoms with Gasteiger partial charge in [-0.05, 0) is 28.2 Å². The van der Waals surface area contributed by atoms with Crippen LogP contribution in [0, 0.1) is 11.5 Å². The molecule has 0 saturated heterocycles. The normalized spacial score (nSPS) is 14.8. The van der Waals surface area contributed by atoms with E-state index < -0.39 is 0 Å². The monoisotopic (exact) mass is 301 g/mol. The minimum absolute atomic E-state index is 0.132. The van der Waals surface area contributed by atoms with Crippen LogP contribution in [0.15, 0.2) is 78.5 Å². The molecule has 23 heavy (non-hydrogen) atoms. The molecule has 0 atom stereocenters. The number of allylic oxidation sites excluding steroid dienone is 2. The number of nitrogens with zero attached hydrogens (tertiary/aromatic N) is 1. The quantitative estimate of drug-likeness (QED) is 0.513. The van der Waals surface area contributed by atoms with Crippen LogP contribution >= 0.6 is 0 Å². The van der Waals surface area contributed by atoms with E-state index >= 15 is 0 Å². The summed E-state index contributed by atoms with van der Waals surface area (Å²) >= 11 is 0. The number of rotatable bonds is 2. The Hall–Kier alpha value is -2.54. The third-order valence-electron chi connectivity index (χ3n) is 4.19. The van der Waals surface area contributed by atoms with Gasteiger partial charge in [-0.1, -0.05) is 74.9 Å². The highest BCUT2D eigenvalue weighted by molar-refractivity contribution is 5.64. The summed E-state index contributed by atoms with van der Waals surface area (Å²) in [6.45, 7) is 10.8. The first-order valence-electron chi connectivity index (χ1n) is 7.98. The van der Waals surface area contributed by atoms with Crippen molar-refractivity contribution in [3.05, 3.63) is 90.1 Å². The van der Waals surface area contributed by atoms with Crippen molar-refractivity contribution in [1.29, 1.82) is 0 Å². The second-order valence-corrected chi connectivity index (χ2v) is 6.96. The number of hydrogen-bond donors (Lipinski definition) is 0. The zero-order valence-corrected chi connectivity index (χ0v) is 14.1. The molecule has 1 heterocycles. The molecule has 0 fully saturated rings. The van der Waals surface area contributed by atoms with Crippen LogP contribution in [0.25, 0.3) is 11.1 Å². The van der Waals surface area contributed by atoms with E-state index in [1.165, 1.54) is 22.3 Å². The van der Waals surface area contributed by atoms with Crippen LogP contribution in [-0.2, 0) is 0 Å². The average molecular weight is 301 g/mol. The van der Waals surface area contributed by atoms with E-state index in [0.29, 0.717) is 0 Å². The molecule has 2 aromatic rings. The van der Waals surface area contributed by atoms with Crippen LogP contribution in [0.4, 0.5) is 0 Å². The minimum atomic E-state index is 0.132. The zero-order chi connectivity index (χ0) is 16.4. The maximum absolute atomic E-state index is 4.12. The van der Waals surface area contributed by atoms with Crippen LogP contribution in [0.3, 0.4) is 0 Å². The fourth-order valence-corrected chi connectivity index (χ4v) is 2.71. The summed E-state index contributed by atoms with van der Waals surface area (Å²) in [5.41, 5.74) is 5.11. The molecular weight excluding hydrogens is 278 g/mol. The molecule has 0 aliphatic carbocycles. The largest absolute Gasteiger partial charge is 0.255 e. The lowest BCUT2D eigenvalue weighted by Gasteiger charge is -2.28. The molecule has 0 unspecified atom stereocenters. The van der Waals surface area contributed by atoms with Gasteiger partial charge in [-0.25, -0.2) is 0 Å². The van der Waals surface area contributed by atoms with Gasteiger partial charge in [0.25, 0.3) is 0 Å². The van der Waals surface area contributed by atoms with Gasteiger partial charge in [0.1, 0.15) is 12.2 Å². The van der Waals surface area contributed by atoms with Gasteiger partial charge in [-0.2, -0.15) is 0 Å². The van der Waals surface area contributed by atoms with E-state index in [-0.39, 0.29) is 5.41 Å². The lowest BCUT2D eigenvalue weighted by Crippen LogP contribution is -2.19. The highest BCUT2D eigenvalue weighted by atomic mass is 15.0. The molecule has 0 aromatic heterocycles. The smallest absolute Gasteiger partial charge is 0.147 e. The van der Waals surface area contributed by atoms with Crippen LogP contribution in [0.5, 0.6) is 0 Å². The summed E-state index contributed by atoms with van der Waals surface area (Å²) in [4.78, 5) is 0. The van der Waals surface area contributed by atoms with Crippen molar-refractivity contribution in [2.45, 2.75) is 20.8 Å². The molecule has 0 amide bonds. The third kappa shape index (κ3) is 3.29. The molecule has 1 heteroatoms. The van der Waals surface area contributed by atoms with Crippen LogP contribution in [0.1, 0.15) is 26.3 Å². The van der Waals surface area contributed by atoms with Gasteiger partial charge in [0.2, 0.25) is 0 Å². The first kappa shape index (κ1) is 15.4. The summed E-state index contributed by atoms with van der Waals surface area (Å²) < 4.78 is 1.94. The predicted molar refractivity (Wildman–Crippen MR) is 98.3 cm³/mol. The Balaban J connectivity index is 1.91. The predicted octanol–water partition coefficient (Wildman–Crippen LogP) is 5.45. The van der Waals surface area contributed by atoms with Gasteiger partial charge in [-0.15, -0.1) is 12.1 Å². The van der Waals surface area contributed by atoms with Gasteiger partial charge in [-0.3, -0.25) is 4.58 Å². The highest BCUT2D eigenvalue weighted by Gasteiger charge is 2.22. The van der Waals surface area contributed by atoms with Crippen molar-refractivity contribution >= 4 is 6.72 Å². The Morgan fingerprint density at radius 2 is 1.48 bits per heavy atom. The summed E-state index contributed by atoms with van der Waals surface area (Å²) in [7, 11) is 0. The maximum Gasteiger partial charge on any atom is 0.147 e. The van der Waals surface area contributed by atoms with Crippen molar-refractivity contribution in [3.63, 3.8) is 0 Å². The fraction of sp³-hybridized carbons (Fsp3) is 0.182. The van der Waals surface area contributed by atoms with E-state index in [9.17, 15) is 0 Å². The van der Waals surface area contributed by atoms with Gasteiger partial charge < -0.3 is 0 Å². The first-order chi connectivity index (χ1) is 10.9. The third-order valence-corrected chi connectivity index (χ3v) is 4.19. The Kier molecular flexibility index (Phi) is 3.96. The molecule has 3 rings (SSSR count). The van der Waals surface area contributed by atoms with Crippen molar-refractivity contribution in [1.82, 2.24) is 0 Å². The average Bonchev–Trinajstić information content (AvgIpc) is 2.55. The molecular formula is C22H23N. The molecule has 0 spiro atoms. The van der Waals surface area contributed by atoms with Crippen molar-refractivity contribution < 1.29 is 4.58 Å². The molecule has 116 valence electrons. The minimum Gasteiger partial charge on any atom is -0.255 e. The molecule has 1 aliphatic rings. The fourth-order valence-electron chi connectivity index (χ4n) is 2.71. The van der Waals surface area contributed by atoms with E-state index in [1.807, 2.05) is 16.8 Å². The Morgan fingerprint density at radius 3 is 2.09 bits per heavy atom. The maximum atomic E-state index is 4.12. The molecule has 0 bridgehead atoms. The molecule has 1 aliphatic heterocycles. The van der Waals surface area contributed by atoms with E-state index in [1.54, 1.807) is 0 Å². The van der Waals surface area contributed by atoms with Crippen LogP contribution in [0.2, 0.25) is 0 Å². The first-order valence-corrected chi connectivity index (χ1v) is 7.98. The van der Waals surface area contributed by atoms with Gasteiger partial charge in [0, 0.05) is 0 Å². The second-order valence-electron chi connectivity index (χ2n) is 6.96. The van der Waals surface area contributed by atoms with Crippen molar-refractivity contribution in [3.8, 4) is 11.1 Å². The Labute approximate surface area is 139 Å². The van der Waals surface area contributed by atoms with Gasteiger partial charge in [0.05, 0.1) is 6.72 Å². The molecule has 2 aromatic carbocycles. The molecule has 1 nitrogen and oxygen atoms in total. The highest BCUT2D eigenvalue weighted by Crippen LogP contribution is 2.33. The Morgan fingerprint density at radius 1 is 0.870 bits per heavy atom. The molecule has 0 radical (unpaired) electrons. The van der Waals surface area contributed by atoms with Crippen molar-refractivity contribution in [2.24, 2.45) is 5.41 Å². The summed E-state index contributed by atoms with van der Waals surface area (Å²) in [5.74, 6) is 0. The number of benzene rings is 2. The van der Waals surface area contributed by atoms with E-state index in [2.05, 4.69) is 88.2 Å². The molecule has 0 saturated carbocycles. The van der Waals surface area contributed by atoms with E-state index in [4.69, 9.17) is 0 Å². The van der Waals surface area contributed by atoms with Crippen LogP contribution < -0.4 is 0 Å². The molecule has 0 N–H and O–H groups in total. The van der Waals surface area contributed by atoms with Crippen LogP contribution in [-0.4, -0.2) is 11.3 Å². The lowest BCUT2D eigenvalue weighted by atomic mass is 9.83.